The first kappa shape index (κ1) is 13.1. The molecule has 0 radical (unpaired) electrons. The molecule has 1 heterocycles. The Kier molecular flexibility index (Phi) is 3.80. The summed E-state index contributed by atoms with van der Waals surface area (Å²) in [7, 11) is 0. The van der Waals surface area contributed by atoms with Gasteiger partial charge in [-0.2, -0.15) is 5.10 Å². The molecule has 0 fully saturated rings. The number of rotatable bonds is 3. The second kappa shape index (κ2) is 5.52. The average Bonchev–Trinajstić information content (AvgIpc) is 2.92. The smallest absolute Gasteiger partial charge is 0.287 e. The van der Waals surface area contributed by atoms with Gasteiger partial charge in [0.1, 0.15) is 5.69 Å². The highest BCUT2D eigenvalue weighted by Crippen LogP contribution is 2.11. The molecule has 1 aromatic heterocycles. The summed E-state index contributed by atoms with van der Waals surface area (Å²) in [6, 6.07) is 9.66. The third-order valence-electron chi connectivity index (χ3n) is 2.95. The normalized spacial score (nSPS) is 11.4. The van der Waals surface area contributed by atoms with Crippen LogP contribution >= 0.6 is 0 Å². The van der Waals surface area contributed by atoms with Gasteiger partial charge >= 0.3 is 0 Å². The van der Waals surface area contributed by atoms with Crippen molar-refractivity contribution in [2.45, 2.75) is 20.8 Å². The number of carbonyl (C=O) groups is 1. The summed E-state index contributed by atoms with van der Waals surface area (Å²) in [4.78, 5) is 14.6. The monoisotopic (exact) mass is 255 g/mol. The van der Waals surface area contributed by atoms with Crippen LogP contribution in [0.25, 0.3) is 0 Å². The average molecular weight is 255 g/mol. The van der Waals surface area contributed by atoms with Crippen molar-refractivity contribution in [3.8, 4) is 0 Å². The van der Waals surface area contributed by atoms with E-state index in [1.54, 1.807) is 18.3 Å². The maximum Gasteiger partial charge on any atom is 0.287 e. The van der Waals surface area contributed by atoms with E-state index in [9.17, 15) is 4.79 Å². The van der Waals surface area contributed by atoms with E-state index in [0.717, 1.165) is 16.8 Å². The van der Waals surface area contributed by atoms with Gasteiger partial charge in [0.25, 0.3) is 5.91 Å². The van der Waals surface area contributed by atoms with Crippen LogP contribution in [-0.4, -0.2) is 16.6 Å². The number of hydrogen-bond donors (Lipinski definition) is 2. The summed E-state index contributed by atoms with van der Waals surface area (Å²) < 4.78 is 0. The molecule has 1 amide bonds. The molecule has 19 heavy (non-hydrogen) atoms. The molecule has 98 valence electrons. The van der Waals surface area contributed by atoms with Gasteiger partial charge in [-0.05, 0) is 44.5 Å². The van der Waals surface area contributed by atoms with Crippen molar-refractivity contribution in [1.29, 1.82) is 0 Å². The van der Waals surface area contributed by atoms with Crippen LogP contribution in [0.2, 0.25) is 0 Å². The van der Waals surface area contributed by atoms with Crippen LogP contribution in [0.1, 0.15) is 34.1 Å². The van der Waals surface area contributed by atoms with Gasteiger partial charge in [0.05, 0.1) is 5.71 Å². The molecule has 4 nitrogen and oxygen atoms in total. The molecule has 4 heteroatoms. The van der Waals surface area contributed by atoms with Crippen LogP contribution in [0.15, 0.2) is 41.6 Å². The largest absolute Gasteiger partial charge is 0.357 e. The number of nitrogens with one attached hydrogen (secondary N) is 2. The molecule has 2 N–H and O–H groups in total. The molecule has 0 spiro atoms. The van der Waals surface area contributed by atoms with Gasteiger partial charge in [0.15, 0.2) is 0 Å². The van der Waals surface area contributed by atoms with Gasteiger partial charge in [0.2, 0.25) is 0 Å². The highest BCUT2D eigenvalue weighted by atomic mass is 16.2. The molecular weight excluding hydrogens is 238 g/mol. The van der Waals surface area contributed by atoms with Gasteiger partial charge < -0.3 is 4.98 Å². The number of hydrazone groups is 1. The summed E-state index contributed by atoms with van der Waals surface area (Å²) >= 11 is 0. The summed E-state index contributed by atoms with van der Waals surface area (Å²) in [6.45, 7) is 5.95. The topological polar surface area (TPSA) is 57.2 Å². The minimum absolute atomic E-state index is 0.241. The predicted octanol–water partition coefficient (Wildman–Crippen LogP) is 2.79. The second-order valence-electron chi connectivity index (χ2n) is 4.54. The predicted molar refractivity (Wildman–Crippen MR) is 76.4 cm³/mol. The van der Waals surface area contributed by atoms with E-state index in [0.29, 0.717) is 5.69 Å². The number of benzene rings is 1. The summed E-state index contributed by atoms with van der Waals surface area (Å²) in [5, 5.41) is 4.15. The first-order valence-electron chi connectivity index (χ1n) is 6.13. The highest BCUT2D eigenvalue weighted by Gasteiger charge is 2.06. The van der Waals surface area contributed by atoms with Gasteiger partial charge in [-0.1, -0.05) is 17.7 Å². The molecule has 0 unspecified atom stereocenters. The number of aromatic nitrogens is 1. The van der Waals surface area contributed by atoms with Gasteiger partial charge in [-0.25, -0.2) is 5.43 Å². The Morgan fingerprint density at radius 1 is 1.26 bits per heavy atom. The Labute approximate surface area is 112 Å². The number of carbonyl (C=O) groups excluding carboxylic acids is 1. The van der Waals surface area contributed by atoms with Crippen LogP contribution in [-0.2, 0) is 0 Å². The van der Waals surface area contributed by atoms with E-state index in [4.69, 9.17) is 0 Å². The molecule has 0 aliphatic carbocycles. The lowest BCUT2D eigenvalue weighted by Gasteiger charge is -2.07. The fraction of sp³-hybridized carbons (Fsp3) is 0.200. The van der Waals surface area contributed by atoms with Crippen molar-refractivity contribution in [2.24, 2.45) is 5.10 Å². The molecule has 0 aliphatic rings. The number of aryl methyl sites for hydroxylation is 2. The maximum absolute atomic E-state index is 11.7. The standard InChI is InChI=1S/C15H17N3O/c1-10-6-7-11(2)13(9-10)12(3)17-18-15(19)14-5-4-8-16-14/h4-9,16H,1-3H3,(H,18,19)/b17-12-. The maximum atomic E-state index is 11.7. The van der Waals surface area contributed by atoms with Crippen LogP contribution in [0.3, 0.4) is 0 Å². The minimum Gasteiger partial charge on any atom is -0.357 e. The molecule has 1 aromatic carbocycles. The summed E-state index contributed by atoms with van der Waals surface area (Å²) in [6.07, 6.45) is 1.70. The fourth-order valence-electron chi connectivity index (χ4n) is 1.85. The van der Waals surface area contributed by atoms with E-state index in [1.165, 1.54) is 5.56 Å². The lowest BCUT2D eigenvalue weighted by molar-refractivity contribution is 0.0950. The van der Waals surface area contributed by atoms with E-state index in [1.807, 2.05) is 20.8 Å². The Bertz CT molecular complexity index is 612. The van der Waals surface area contributed by atoms with Crippen molar-refractivity contribution in [3.63, 3.8) is 0 Å². The van der Waals surface area contributed by atoms with Crippen molar-refractivity contribution in [1.82, 2.24) is 10.4 Å². The Hall–Kier alpha value is -2.36. The van der Waals surface area contributed by atoms with E-state index in [-0.39, 0.29) is 5.91 Å². The summed E-state index contributed by atoms with van der Waals surface area (Å²) in [5.41, 5.74) is 7.20. The van der Waals surface area contributed by atoms with Crippen LogP contribution in [0, 0.1) is 13.8 Å². The third-order valence-corrected chi connectivity index (χ3v) is 2.95. The molecule has 0 bridgehead atoms. The quantitative estimate of drug-likeness (QED) is 0.643. The fourth-order valence-corrected chi connectivity index (χ4v) is 1.85. The van der Waals surface area contributed by atoms with Crippen LogP contribution in [0.5, 0.6) is 0 Å². The zero-order valence-electron chi connectivity index (χ0n) is 11.3. The zero-order chi connectivity index (χ0) is 13.8. The van der Waals surface area contributed by atoms with Crippen LogP contribution in [0.4, 0.5) is 0 Å². The second-order valence-corrected chi connectivity index (χ2v) is 4.54. The minimum atomic E-state index is -0.241. The first-order valence-corrected chi connectivity index (χ1v) is 6.13. The van der Waals surface area contributed by atoms with E-state index >= 15 is 0 Å². The Morgan fingerprint density at radius 2 is 2.05 bits per heavy atom. The molecule has 0 atom stereocenters. The molecular formula is C15H17N3O. The lowest BCUT2D eigenvalue weighted by Crippen LogP contribution is -2.19. The Balaban J connectivity index is 2.15. The number of nitrogens with zero attached hydrogens (tertiary/aromatic N) is 1. The third kappa shape index (κ3) is 3.10. The number of H-pyrrole nitrogens is 1. The summed E-state index contributed by atoms with van der Waals surface area (Å²) in [5.74, 6) is -0.241. The zero-order valence-corrected chi connectivity index (χ0v) is 11.3. The molecule has 0 saturated heterocycles. The van der Waals surface area contributed by atoms with Gasteiger partial charge in [-0.3, -0.25) is 4.79 Å². The number of amides is 1. The van der Waals surface area contributed by atoms with Crippen molar-refractivity contribution >= 4 is 11.6 Å². The lowest BCUT2D eigenvalue weighted by atomic mass is 10.0. The number of aromatic amines is 1. The Morgan fingerprint density at radius 3 is 2.74 bits per heavy atom. The van der Waals surface area contributed by atoms with Crippen molar-refractivity contribution in [2.75, 3.05) is 0 Å². The van der Waals surface area contributed by atoms with Crippen LogP contribution < -0.4 is 5.43 Å². The molecule has 0 saturated carbocycles. The van der Waals surface area contributed by atoms with E-state index < -0.39 is 0 Å². The van der Waals surface area contributed by atoms with Gasteiger partial charge in [0, 0.05) is 11.8 Å². The number of hydrogen-bond acceptors (Lipinski definition) is 2. The highest BCUT2D eigenvalue weighted by molar-refractivity contribution is 6.01. The molecule has 0 aliphatic heterocycles. The SMILES string of the molecule is C/C(=N/NC(=O)c1ccc[nH]1)c1cc(C)ccc1C. The van der Waals surface area contributed by atoms with E-state index in [2.05, 4.69) is 33.7 Å². The van der Waals surface area contributed by atoms with Crippen molar-refractivity contribution in [3.05, 3.63) is 58.9 Å². The van der Waals surface area contributed by atoms with Crippen molar-refractivity contribution < 1.29 is 4.79 Å². The van der Waals surface area contributed by atoms with Gasteiger partial charge in [-0.15, -0.1) is 0 Å². The first-order chi connectivity index (χ1) is 9.08. The molecule has 2 rings (SSSR count). The molecule has 2 aromatic rings.